The van der Waals surface area contributed by atoms with Gasteiger partial charge in [0.15, 0.2) is 0 Å². The first-order chi connectivity index (χ1) is 9.92. The molecule has 0 heterocycles. The maximum atomic E-state index is 12.2. The summed E-state index contributed by atoms with van der Waals surface area (Å²) in [4.78, 5) is 0.265. The molecule has 0 aromatic heterocycles. The summed E-state index contributed by atoms with van der Waals surface area (Å²) in [6.45, 7) is 2.14. The molecular formula is C15H16BrNO3S. The molecule has 2 rings (SSSR count). The van der Waals surface area contributed by atoms with Crippen LogP contribution in [-0.2, 0) is 16.6 Å². The van der Waals surface area contributed by atoms with E-state index >= 15 is 0 Å². The van der Waals surface area contributed by atoms with Gasteiger partial charge in [0, 0.05) is 6.54 Å². The maximum Gasteiger partial charge on any atom is 0.240 e. The van der Waals surface area contributed by atoms with Crippen LogP contribution in [0, 0.1) is 6.92 Å². The second-order valence-electron chi connectivity index (χ2n) is 4.61. The van der Waals surface area contributed by atoms with Crippen LogP contribution < -0.4 is 9.46 Å². The molecule has 0 fully saturated rings. The number of hydrogen-bond donors (Lipinski definition) is 1. The molecule has 112 valence electrons. The minimum atomic E-state index is -3.50. The Hall–Kier alpha value is -1.37. The van der Waals surface area contributed by atoms with Crippen LogP contribution in [0.3, 0.4) is 0 Å². The summed E-state index contributed by atoms with van der Waals surface area (Å²) in [6.07, 6.45) is 0. The highest BCUT2D eigenvalue weighted by Gasteiger charge is 2.13. The van der Waals surface area contributed by atoms with E-state index in [0.29, 0.717) is 5.75 Å². The molecule has 21 heavy (non-hydrogen) atoms. The number of rotatable bonds is 5. The van der Waals surface area contributed by atoms with E-state index in [1.54, 1.807) is 37.4 Å². The molecular weight excluding hydrogens is 354 g/mol. The average molecular weight is 370 g/mol. The van der Waals surface area contributed by atoms with Crippen LogP contribution in [0.25, 0.3) is 0 Å². The van der Waals surface area contributed by atoms with Crippen LogP contribution in [-0.4, -0.2) is 15.5 Å². The fraction of sp³-hybridized carbons (Fsp3) is 0.200. The van der Waals surface area contributed by atoms with Gasteiger partial charge in [-0.25, -0.2) is 13.1 Å². The minimum Gasteiger partial charge on any atom is -0.496 e. The van der Waals surface area contributed by atoms with Crippen molar-refractivity contribution in [3.8, 4) is 5.75 Å². The number of halogens is 1. The second kappa shape index (κ2) is 6.60. The first-order valence-electron chi connectivity index (χ1n) is 6.31. The zero-order chi connectivity index (χ0) is 15.5. The topological polar surface area (TPSA) is 55.4 Å². The lowest BCUT2D eigenvalue weighted by Gasteiger charge is -2.09. The summed E-state index contributed by atoms with van der Waals surface area (Å²) in [6, 6.07) is 12.2. The maximum absolute atomic E-state index is 12.2. The van der Waals surface area contributed by atoms with E-state index in [2.05, 4.69) is 20.7 Å². The Kier molecular flexibility index (Phi) is 5.03. The third-order valence-corrected chi connectivity index (χ3v) is 5.05. The van der Waals surface area contributed by atoms with Gasteiger partial charge in [-0.15, -0.1) is 0 Å². The lowest BCUT2D eigenvalue weighted by atomic mass is 10.2. The number of benzene rings is 2. The van der Waals surface area contributed by atoms with E-state index in [1.165, 1.54) is 0 Å². The molecule has 6 heteroatoms. The lowest BCUT2D eigenvalue weighted by Crippen LogP contribution is -2.23. The molecule has 1 N–H and O–H groups in total. The van der Waals surface area contributed by atoms with Gasteiger partial charge in [0.2, 0.25) is 10.0 Å². The first-order valence-corrected chi connectivity index (χ1v) is 8.59. The lowest BCUT2D eigenvalue weighted by molar-refractivity contribution is 0.412. The van der Waals surface area contributed by atoms with Crippen molar-refractivity contribution in [1.29, 1.82) is 0 Å². The zero-order valence-corrected chi connectivity index (χ0v) is 14.2. The van der Waals surface area contributed by atoms with Crippen molar-refractivity contribution in [1.82, 2.24) is 4.72 Å². The first kappa shape index (κ1) is 16.0. The van der Waals surface area contributed by atoms with Crippen LogP contribution in [0.2, 0.25) is 0 Å². The summed E-state index contributed by atoms with van der Waals surface area (Å²) in [5, 5.41) is 0. The monoisotopic (exact) mass is 369 g/mol. The third-order valence-electron chi connectivity index (χ3n) is 3.01. The highest BCUT2D eigenvalue weighted by molar-refractivity contribution is 9.10. The number of ether oxygens (including phenoxy) is 1. The van der Waals surface area contributed by atoms with Gasteiger partial charge < -0.3 is 4.74 Å². The van der Waals surface area contributed by atoms with Gasteiger partial charge in [0.25, 0.3) is 0 Å². The summed E-state index contributed by atoms with van der Waals surface area (Å²) in [5.41, 5.74) is 1.87. The number of methoxy groups -OCH3 is 1. The molecule has 0 spiro atoms. The fourth-order valence-corrected chi connectivity index (χ4v) is 3.40. The fourth-order valence-electron chi connectivity index (χ4n) is 1.80. The molecule has 0 unspecified atom stereocenters. The molecule has 4 nitrogen and oxygen atoms in total. The molecule has 0 atom stereocenters. The quantitative estimate of drug-likeness (QED) is 0.879. The molecule has 0 radical (unpaired) electrons. The smallest absolute Gasteiger partial charge is 0.240 e. The van der Waals surface area contributed by atoms with Crippen molar-refractivity contribution in [2.75, 3.05) is 7.11 Å². The molecule has 0 aliphatic carbocycles. The molecule has 2 aromatic carbocycles. The number of hydrogen-bond acceptors (Lipinski definition) is 3. The largest absolute Gasteiger partial charge is 0.496 e. The molecule has 0 aliphatic rings. The van der Waals surface area contributed by atoms with E-state index in [4.69, 9.17) is 4.74 Å². The highest BCUT2D eigenvalue weighted by atomic mass is 79.9. The predicted octanol–water partition coefficient (Wildman–Crippen LogP) is 3.24. The average Bonchev–Trinajstić information content (AvgIpc) is 2.46. The van der Waals surface area contributed by atoms with E-state index < -0.39 is 10.0 Å². The number of nitrogens with one attached hydrogen (secondary N) is 1. The Bertz CT molecular complexity index is 727. The molecule has 0 saturated heterocycles. The predicted molar refractivity (Wildman–Crippen MR) is 85.9 cm³/mol. The van der Waals surface area contributed by atoms with E-state index in [-0.39, 0.29) is 11.4 Å². The zero-order valence-electron chi connectivity index (χ0n) is 11.8. The Balaban J connectivity index is 2.11. The molecule has 0 bridgehead atoms. The molecule has 0 amide bonds. The van der Waals surface area contributed by atoms with Crippen molar-refractivity contribution in [3.05, 3.63) is 58.1 Å². The Morgan fingerprint density at radius 2 is 1.81 bits per heavy atom. The SMILES string of the molecule is COc1ccc(CNS(=O)(=O)c2ccc(C)cc2)cc1Br. The van der Waals surface area contributed by atoms with Crippen LogP contribution in [0.4, 0.5) is 0 Å². The summed E-state index contributed by atoms with van der Waals surface area (Å²) in [7, 11) is -1.92. The van der Waals surface area contributed by atoms with Gasteiger partial charge in [-0.1, -0.05) is 23.8 Å². The molecule has 2 aromatic rings. The van der Waals surface area contributed by atoms with Gasteiger partial charge in [0.1, 0.15) is 5.75 Å². The van der Waals surface area contributed by atoms with Crippen LogP contribution in [0.5, 0.6) is 5.75 Å². The standard InChI is InChI=1S/C15H16BrNO3S/c1-11-3-6-13(7-4-11)21(18,19)17-10-12-5-8-15(20-2)14(16)9-12/h3-9,17H,10H2,1-2H3. The second-order valence-corrected chi connectivity index (χ2v) is 7.23. The normalized spacial score (nSPS) is 11.4. The van der Waals surface area contributed by atoms with Gasteiger partial charge in [-0.2, -0.15) is 0 Å². The molecule has 0 saturated carbocycles. The van der Waals surface area contributed by atoms with Crippen LogP contribution >= 0.6 is 15.9 Å². The van der Waals surface area contributed by atoms with Gasteiger partial charge in [0.05, 0.1) is 16.5 Å². The Morgan fingerprint density at radius 3 is 2.38 bits per heavy atom. The number of aryl methyl sites for hydroxylation is 1. The molecule has 0 aliphatic heterocycles. The van der Waals surface area contributed by atoms with E-state index in [0.717, 1.165) is 15.6 Å². The van der Waals surface area contributed by atoms with E-state index in [1.807, 2.05) is 19.1 Å². The van der Waals surface area contributed by atoms with Gasteiger partial charge in [-0.3, -0.25) is 0 Å². The highest BCUT2D eigenvalue weighted by Crippen LogP contribution is 2.25. The van der Waals surface area contributed by atoms with Gasteiger partial charge >= 0.3 is 0 Å². The van der Waals surface area contributed by atoms with Crippen molar-refractivity contribution in [2.24, 2.45) is 0 Å². The van der Waals surface area contributed by atoms with Gasteiger partial charge in [-0.05, 0) is 52.7 Å². The Labute approximate surface area is 133 Å². The van der Waals surface area contributed by atoms with Crippen LogP contribution in [0.1, 0.15) is 11.1 Å². The van der Waals surface area contributed by atoms with Crippen molar-refractivity contribution in [3.63, 3.8) is 0 Å². The minimum absolute atomic E-state index is 0.221. The number of sulfonamides is 1. The van der Waals surface area contributed by atoms with Crippen molar-refractivity contribution < 1.29 is 13.2 Å². The van der Waals surface area contributed by atoms with E-state index in [9.17, 15) is 8.42 Å². The summed E-state index contributed by atoms with van der Waals surface area (Å²) in [5.74, 6) is 0.708. The third kappa shape index (κ3) is 4.06. The van der Waals surface area contributed by atoms with Crippen molar-refractivity contribution >= 4 is 26.0 Å². The van der Waals surface area contributed by atoms with Crippen LogP contribution in [0.15, 0.2) is 51.8 Å². The summed E-state index contributed by atoms with van der Waals surface area (Å²) >= 11 is 3.38. The Morgan fingerprint density at radius 1 is 1.14 bits per heavy atom. The summed E-state index contributed by atoms with van der Waals surface area (Å²) < 4.78 is 32.9. The van der Waals surface area contributed by atoms with Crippen molar-refractivity contribution in [2.45, 2.75) is 18.4 Å².